The molecule has 0 aliphatic carbocycles. The molecule has 3 aliphatic rings. The molecule has 3 N–H and O–H groups in total. The summed E-state index contributed by atoms with van der Waals surface area (Å²) >= 11 is 0. The standard InChI is InChI=1S/2C15H14FNO7.C15H15FO5.CH4.K.HNO3/c1-8(18)23-11-6-7-12(19)24-15(11)14(20)13(16)9-2-4-10(5-3-9)17(21)22;1-8(18)23-11-6-7-12(19)24-15(11)14(20)13(16)9-4-2-3-5-10(9)17(21)22;1-9(17)20-11-7-8-12(18)21-15(11)14(19)13(16)10-5-3-2-4-6-10;;;2-1-4-3/h2*2-7,11,13-15,20H,1H3;2-8,11,13-15,19H,1H3;1H4;;3H/q;;;;+1;/p-1/t3*11-,13+,14-,15+;;;/m000.../s1. The summed E-state index contributed by atoms with van der Waals surface area (Å²) in [5.74, 6) is -4.40. The van der Waals surface area contributed by atoms with Crippen LogP contribution in [0.1, 0.15) is 63.4 Å². The van der Waals surface area contributed by atoms with Crippen LogP contribution in [0.5, 0.6) is 0 Å². The fourth-order valence-corrected chi connectivity index (χ4v) is 6.64. The number of para-hydroxylation sites is 1. The molecule has 0 saturated carbocycles. The number of hydrogen-bond donors (Lipinski definition) is 3. The van der Waals surface area contributed by atoms with Gasteiger partial charge in [0.2, 0.25) is 0 Å². The molecular weight excluding hydrogens is 1040 g/mol. The zero-order chi connectivity index (χ0) is 54.5. The fourth-order valence-electron chi connectivity index (χ4n) is 6.64. The monoisotopic (exact) mass is 1090 g/mol. The second-order valence-corrected chi connectivity index (χ2v) is 14.9. The largest absolute Gasteiger partial charge is 1.00 e. The minimum absolute atomic E-state index is 0. The quantitative estimate of drug-likeness (QED) is 0.0361. The van der Waals surface area contributed by atoms with Crippen molar-refractivity contribution in [2.24, 2.45) is 5.34 Å². The molecule has 0 aromatic heterocycles. The van der Waals surface area contributed by atoms with Gasteiger partial charge in [-0.1, -0.05) is 49.9 Å². The fraction of sp³-hybridized carbons (Fsp3) is 0.348. The Bertz CT molecular complexity index is 2520. The zero-order valence-corrected chi connectivity index (χ0v) is 42.1. The molecular formula is C46H47F3KN3O22. The third-order valence-electron chi connectivity index (χ3n) is 9.81. The third kappa shape index (κ3) is 20.4. The maximum atomic E-state index is 14.7. The van der Waals surface area contributed by atoms with Gasteiger partial charge in [-0.05, 0) is 47.6 Å². The first-order valence-electron chi connectivity index (χ1n) is 20.8. The normalized spacial score (nSPS) is 21.3. The summed E-state index contributed by atoms with van der Waals surface area (Å²) in [6.07, 6.45) is -12.3. The van der Waals surface area contributed by atoms with Crippen molar-refractivity contribution in [3.05, 3.63) is 157 Å². The molecule has 75 heavy (non-hydrogen) atoms. The Morgan fingerprint density at radius 3 is 1.25 bits per heavy atom. The molecule has 12 atom stereocenters. The molecule has 0 bridgehead atoms. The Morgan fingerprint density at radius 2 is 0.920 bits per heavy atom. The smallest absolute Gasteiger partial charge is 0.635 e. The number of halogens is 3. The number of nitrogens with zero attached hydrogens (tertiary/aromatic N) is 3. The topological polar surface area (TPSA) is 366 Å². The molecule has 400 valence electrons. The predicted molar refractivity (Wildman–Crippen MR) is 240 cm³/mol. The number of benzene rings is 3. The number of aliphatic hydroxyl groups excluding tert-OH is 3. The van der Waals surface area contributed by atoms with Crippen LogP contribution < -0.4 is 56.6 Å². The van der Waals surface area contributed by atoms with Crippen LogP contribution in [-0.4, -0.2) is 116 Å². The average Bonchev–Trinajstić information content (AvgIpc) is 3.36. The number of non-ortho nitro benzene ring substituents is 1. The van der Waals surface area contributed by atoms with E-state index in [1.54, 1.807) is 18.2 Å². The van der Waals surface area contributed by atoms with Crippen molar-refractivity contribution in [1.29, 1.82) is 0 Å². The number of ether oxygens (including phenoxy) is 6. The molecule has 0 unspecified atom stereocenters. The summed E-state index contributed by atoms with van der Waals surface area (Å²) in [7, 11) is 0. The Hall–Kier alpha value is -6.83. The second kappa shape index (κ2) is 32.5. The molecule has 0 spiro atoms. The van der Waals surface area contributed by atoms with Gasteiger partial charge < -0.3 is 54.0 Å². The minimum atomic E-state index is -2.23. The van der Waals surface area contributed by atoms with Crippen LogP contribution >= 0.6 is 0 Å². The van der Waals surface area contributed by atoms with Gasteiger partial charge >= 0.3 is 87.2 Å². The van der Waals surface area contributed by atoms with E-state index in [0.29, 0.717) is 0 Å². The maximum Gasteiger partial charge on any atom is 1.00 e. The summed E-state index contributed by atoms with van der Waals surface area (Å²) in [6.45, 7) is 3.40. The molecule has 3 aromatic carbocycles. The van der Waals surface area contributed by atoms with Crippen molar-refractivity contribution in [2.45, 2.75) is 102 Å². The number of alkyl halides is 3. The van der Waals surface area contributed by atoms with Crippen molar-refractivity contribution in [3.8, 4) is 0 Å². The number of nitro benzene ring substituents is 2. The SMILES string of the molecule is C.CC(=O)O[C@H]1C=CC(=O)O[C@H]1[C@@H](O)[C@H](F)c1ccc([N+](=O)[O-])cc1.CC(=O)O[C@H]1C=CC(=O)O[C@H]1[C@@H](O)[C@H](F)c1ccccc1.CC(=O)O[C@H]1C=CC(=O)O[C@H]1[C@@H](O)[C@H](F)c1ccccc1[N+](=O)[O-].O=NO[O-].[K+]. The summed E-state index contributed by atoms with van der Waals surface area (Å²) in [4.78, 5) is 98.0. The van der Waals surface area contributed by atoms with Crippen LogP contribution in [0, 0.1) is 25.1 Å². The number of hydrogen-bond acceptors (Lipinski definition) is 23. The summed E-state index contributed by atoms with van der Waals surface area (Å²) in [6, 6.07) is 17.4. The van der Waals surface area contributed by atoms with Gasteiger partial charge in [0.05, 0.1) is 15.4 Å². The molecule has 0 saturated heterocycles. The Kier molecular flexibility index (Phi) is 28.7. The van der Waals surface area contributed by atoms with Gasteiger partial charge in [0, 0.05) is 57.2 Å². The number of rotatable bonds is 15. The first kappa shape index (κ1) is 66.2. The van der Waals surface area contributed by atoms with E-state index in [1.165, 1.54) is 48.7 Å². The Morgan fingerprint density at radius 1 is 0.587 bits per heavy atom. The van der Waals surface area contributed by atoms with E-state index in [0.717, 1.165) is 74.5 Å². The molecule has 6 rings (SSSR count). The van der Waals surface area contributed by atoms with Gasteiger partial charge in [0.25, 0.3) is 11.4 Å². The van der Waals surface area contributed by atoms with E-state index in [1.807, 2.05) is 0 Å². The molecule has 25 nitrogen and oxygen atoms in total. The van der Waals surface area contributed by atoms with Crippen LogP contribution in [0.3, 0.4) is 0 Å². The van der Waals surface area contributed by atoms with E-state index in [4.69, 9.17) is 38.6 Å². The van der Waals surface area contributed by atoms with Crippen LogP contribution in [0.4, 0.5) is 24.5 Å². The zero-order valence-electron chi connectivity index (χ0n) is 39.0. The average molecular weight is 1090 g/mol. The minimum Gasteiger partial charge on any atom is -0.635 e. The van der Waals surface area contributed by atoms with Crippen molar-refractivity contribution in [1.82, 2.24) is 0 Å². The van der Waals surface area contributed by atoms with Crippen molar-refractivity contribution >= 4 is 47.2 Å². The number of carbonyl (C=O) groups is 6. The van der Waals surface area contributed by atoms with Gasteiger partial charge in [-0.3, -0.25) is 34.6 Å². The van der Waals surface area contributed by atoms with Gasteiger partial charge in [0.15, 0.2) is 55.1 Å². The predicted octanol–water partition coefficient (Wildman–Crippen LogP) is 0.830. The summed E-state index contributed by atoms with van der Waals surface area (Å²) in [5, 5.41) is 61.8. The third-order valence-corrected chi connectivity index (χ3v) is 9.81. The molecule has 0 fully saturated rings. The summed E-state index contributed by atoms with van der Waals surface area (Å²) < 4.78 is 72.8. The van der Waals surface area contributed by atoms with Crippen molar-refractivity contribution in [3.63, 3.8) is 0 Å². The van der Waals surface area contributed by atoms with E-state index in [-0.39, 0.29) is 81.2 Å². The van der Waals surface area contributed by atoms with E-state index < -0.39 is 125 Å². The van der Waals surface area contributed by atoms with Crippen LogP contribution in [0.2, 0.25) is 0 Å². The van der Waals surface area contributed by atoms with E-state index in [9.17, 15) is 77.5 Å². The Balaban J connectivity index is 0.000000536. The van der Waals surface area contributed by atoms with Crippen LogP contribution in [0.25, 0.3) is 0 Å². The van der Waals surface area contributed by atoms with E-state index in [2.05, 4.69) is 4.99 Å². The summed E-state index contributed by atoms with van der Waals surface area (Å²) in [5.41, 5.74) is -0.921. The van der Waals surface area contributed by atoms with Crippen molar-refractivity contribution in [2.75, 3.05) is 0 Å². The molecule has 3 aromatic rings. The molecule has 29 heteroatoms. The number of nitro groups is 2. The second-order valence-electron chi connectivity index (χ2n) is 14.9. The van der Waals surface area contributed by atoms with Gasteiger partial charge in [-0.2, -0.15) is 0 Å². The first-order valence-corrected chi connectivity index (χ1v) is 20.8. The van der Waals surface area contributed by atoms with Crippen LogP contribution in [0.15, 0.2) is 121 Å². The van der Waals surface area contributed by atoms with Crippen molar-refractivity contribution < 1.29 is 157 Å². The number of esters is 6. The van der Waals surface area contributed by atoms with E-state index >= 15 is 0 Å². The maximum absolute atomic E-state index is 14.7. The molecule has 3 aliphatic heterocycles. The molecule has 0 amide bonds. The van der Waals surface area contributed by atoms with Gasteiger partial charge in [-0.15, -0.1) is 4.91 Å². The van der Waals surface area contributed by atoms with Gasteiger partial charge in [0.1, 0.15) is 23.7 Å². The first-order chi connectivity index (χ1) is 34.5. The number of aliphatic hydroxyl groups is 3. The molecule has 0 radical (unpaired) electrons. The Labute approximate surface area is 465 Å². The van der Waals surface area contributed by atoms with Gasteiger partial charge in [-0.25, -0.2) is 27.6 Å². The number of cyclic esters (lactones) is 3. The number of carbonyl (C=O) groups excluding carboxylic acids is 6. The van der Waals surface area contributed by atoms with Crippen LogP contribution in [-0.2, 0) is 62.2 Å². The molecule has 3 heterocycles.